The summed E-state index contributed by atoms with van der Waals surface area (Å²) in [7, 11) is 3.92. The molecule has 0 heterocycles. The summed E-state index contributed by atoms with van der Waals surface area (Å²) in [6.07, 6.45) is -0.0648. The zero-order valence-electron chi connectivity index (χ0n) is 10.4. The van der Waals surface area contributed by atoms with Gasteiger partial charge in [0, 0.05) is 5.92 Å². The molecule has 1 atom stereocenters. The average molecular weight is 200 g/mol. The van der Waals surface area contributed by atoms with Gasteiger partial charge in [-0.2, -0.15) is 0 Å². The summed E-state index contributed by atoms with van der Waals surface area (Å²) in [6, 6.07) is 0. The van der Waals surface area contributed by atoms with Gasteiger partial charge in [0.2, 0.25) is 0 Å². The highest BCUT2D eigenvalue weighted by atomic mass is 16.1. The van der Waals surface area contributed by atoms with E-state index in [1.54, 1.807) is 0 Å². The van der Waals surface area contributed by atoms with Gasteiger partial charge in [-0.15, -0.1) is 0 Å². The maximum atomic E-state index is 12.0. The summed E-state index contributed by atoms with van der Waals surface area (Å²) in [5.74, 6) is 0.404. The van der Waals surface area contributed by atoms with E-state index in [0.717, 1.165) is 13.1 Å². The van der Waals surface area contributed by atoms with Crippen molar-refractivity contribution >= 4 is 5.78 Å². The lowest BCUT2D eigenvalue weighted by molar-refractivity contribution is -0.132. The lowest BCUT2D eigenvalue weighted by atomic mass is 10.1. The number of rotatable bonds is 6. The smallest absolute Gasteiger partial charge is 0.167 e. The quantitative estimate of drug-likeness (QED) is 0.606. The molecule has 0 radical (unpaired) electrons. The van der Waals surface area contributed by atoms with Crippen molar-refractivity contribution in [2.24, 2.45) is 5.92 Å². The largest absolute Gasteiger partial charge is 0.296 e. The monoisotopic (exact) mass is 200 g/mol. The fourth-order valence-electron chi connectivity index (χ4n) is 1.63. The minimum Gasteiger partial charge on any atom is -0.296 e. The molecule has 0 aliphatic heterocycles. The van der Waals surface area contributed by atoms with Crippen LogP contribution in [-0.2, 0) is 4.79 Å². The third-order valence-electron chi connectivity index (χ3n) is 2.47. The average Bonchev–Trinajstić information content (AvgIpc) is 2.12. The van der Waals surface area contributed by atoms with E-state index < -0.39 is 0 Å². The predicted molar refractivity (Wildman–Crippen MR) is 60.2 cm³/mol. The maximum absolute atomic E-state index is 12.0. The van der Waals surface area contributed by atoms with E-state index in [1.807, 2.05) is 32.8 Å². The van der Waals surface area contributed by atoms with E-state index in [0.29, 0.717) is 5.78 Å². The number of Topliss-reactive ketones (excluding diaryl/α,β-unsaturated/α-hetero) is 1. The molecule has 0 fully saturated rings. The minimum absolute atomic E-state index is 0.0648. The Morgan fingerprint density at radius 2 is 1.57 bits per heavy atom. The van der Waals surface area contributed by atoms with E-state index in [-0.39, 0.29) is 12.1 Å². The normalized spacial score (nSPS) is 14.1. The van der Waals surface area contributed by atoms with Gasteiger partial charge in [-0.3, -0.25) is 14.6 Å². The van der Waals surface area contributed by atoms with E-state index in [2.05, 4.69) is 18.7 Å². The molecule has 0 aliphatic rings. The standard InChI is InChI=1S/C11H24N2O/c1-7-13(8-2)11(12(5)6)10(14)9(3)4/h9,11H,7-8H2,1-6H3/t11-/m0/s1. The molecule has 0 saturated carbocycles. The van der Waals surface area contributed by atoms with Crippen molar-refractivity contribution in [3.63, 3.8) is 0 Å². The van der Waals surface area contributed by atoms with Crippen molar-refractivity contribution in [2.75, 3.05) is 27.2 Å². The molecule has 0 bridgehead atoms. The van der Waals surface area contributed by atoms with Gasteiger partial charge >= 0.3 is 0 Å². The molecule has 0 saturated heterocycles. The summed E-state index contributed by atoms with van der Waals surface area (Å²) in [5.41, 5.74) is 0. The highest BCUT2D eigenvalue weighted by Gasteiger charge is 2.27. The third kappa shape index (κ3) is 3.39. The van der Waals surface area contributed by atoms with Crippen LogP contribution in [0.15, 0.2) is 0 Å². The molecule has 0 spiro atoms. The van der Waals surface area contributed by atoms with Crippen molar-refractivity contribution in [1.82, 2.24) is 9.80 Å². The van der Waals surface area contributed by atoms with Gasteiger partial charge in [-0.05, 0) is 27.2 Å². The molecule has 0 N–H and O–H groups in total. The van der Waals surface area contributed by atoms with Crippen LogP contribution in [0.25, 0.3) is 0 Å². The van der Waals surface area contributed by atoms with Gasteiger partial charge < -0.3 is 0 Å². The van der Waals surface area contributed by atoms with Crippen LogP contribution in [0.2, 0.25) is 0 Å². The van der Waals surface area contributed by atoms with Crippen LogP contribution < -0.4 is 0 Å². The first-order valence-electron chi connectivity index (χ1n) is 5.39. The molecule has 14 heavy (non-hydrogen) atoms. The summed E-state index contributed by atoms with van der Waals surface area (Å²) in [5, 5.41) is 0. The molecule has 3 nitrogen and oxygen atoms in total. The number of nitrogens with zero attached hydrogens (tertiary/aromatic N) is 2. The molecule has 0 aliphatic carbocycles. The first-order chi connectivity index (χ1) is 6.45. The number of carbonyl (C=O) groups is 1. The Hall–Kier alpha value is -0.410. The van der Waals surface area contributed by atoms with Crippen LogP contribution >= 0.6 is 0 Å². The van der Waals surface area contributed by atoms with Gasteiger partial charge in [0.1, 0.15) is 6.17 Å². The van der Waals surface area contributed by atoms with Crippen LogP contribution in [0.3, 0.4) is 0 Å². The molecule has 0 aromatic rings. The molecule has 84 valence electrons. The maximum Gasteiger partial charge on any atom is 0.167 e. The SMILES string of the molecule is CCN(CC)[C@@H](C(=O)C(C)C)N(C)C. The second kappa shape index (κ2) is 6.14. The summed E-state index contributed by atoms with van der Waals surface area (Å²) < 4.78 is 0. The second-order valence-electron chi connectivity index (χ2n) is 4.12. The fourth-order valence-corrected chi connectivity index (χ4v) is 1.63. The minimum atomic E-state index is -0.0648. The second-order valence-corrected chi connectivity index (χ2v) is 4.12. The summed E-state index contributed by atoms with van der Waals surface area (Å²) in [4.78, 5) is 16.1. The van der Waals surface area contributed by atoms with Crippen molar-refractivity contribution in [1.29, 1.82) is 0 Å². The Labute approximate surface area is 88.1 Å². The van der Waals surface area contributed by atoms with Crippen molar-refractivity contribution in [3.8, 4) is 0 Å². The van der Waals surface area contributed by atoms with Crippen LogP contribution in [-0.4, -0.2) is 48.9 Å². The van der Waals surface area contributed by atoms with E-state index in [9.17, 15) is 4.79 Å². The Balaban J connectivity index is 4.66. The zero-order valence-corrected chi connectivity index (χ0v) is 10.4. The van der Waals surface area contributed by atoms with Crippen LogP contribution in [0.1, 0.15) is 27.7 Å². The number of hydrogen-bond donors (Lipinski definition) is 0. The highest BCUT2D eigenvalue weighted by Crippen LogP contribution is 2.09. The Kier molecular flexibility index (Phi) is 5.96. The Morgan fingerprint density at radius 3 is 1.79 bits per heavy atom. The number of carbonyl (C=O) groups excluding carboxylic acids is 1. The van der Waals surface area contributed by atoms with Gasteiger partial charge in [-0.1, -0.05) is 27.7 Å². The predicted octanol–water partition coefficient (Wildman–Crippen LogP) is 1.44. The summed E-state index contributed by atoms with van der Waals surface area (Å²) in [6.45, 7) is 9.93. The highest BCUT2D eigenvalue weighted by molar-refractivity contribution is 5.85. The zero-order chi connectivity index (χ0) is 11.3. The Morgan fingerprint density at radius 1 is 1.14 bits per heavy atom. The lowest BCUT2D eigenvalue weighted by Gasteiger charge is -2.34. The van der Waals surface area contributed by atoms with Crippen LogP contribution in [0.4, 0.5) is 0 Å². The van der Waals surface area contributed by atoms with Gasteiger partial charge in [0.25, 0.3) is 0 Å². The molecular formula is C11H24N2O. The van der Waals surface area contributed by atoms with Gasteiger partial charge in [0.05, 0.1) is 0 Å². The molecule has 0 rings (SSSR count). The topological polar surface area (TPSA) is 23.6 Å². The van der Waals surface area contributed by atoms with Crippen LogP contribution in [0.5, 0.6) is 0 Å². The van der Waals surface area contributed by atoms with E-state index >= 15 is 0 Å². The van der Waals surface area contributed by atoms with Crippen LogP contribution in [0, 0.1) is 5.92 Å². The Bertz CT molecular complexity index is 174. The van der Waals surface area contributed by atoms with Gasteiger partial charge in [-0.25, -0.2) is 0 Å². The molecular weight excluding hydrogens is 176 g/mol. The number of hydrogen-bond acceptors (Lipinski definition) is 3. The summed E-state index contributed by atoms with van der Waals surface area (Å²) >= 11 is 0. The third-order valence-corrected chi connectivity index (χ3v) is 2.47. The first kappa shape index (κ1) is 13.6. The fraction of sp³-hybridized carbons (Fsp3) is 0.909. The molecule has 0 amide bonds. The lowest BCUT2D eigenvalue weighted by Crippen LogP contribution is -2.51. The van der Waals surface area contributed by atoms with Crippen molar-refractivity contribution in [3.05, 3.63) is 0 Å². The van der Waals surface area contributed by atoms with Gasteiger partial charge in [0.15, 0.2) is 5.78 Å². The van der Waals surface area contributed by atoms with Crippen molar-refractivity contribution in [2.45, 2.75) is 33.9 Å². The van der Waals surface area contributed by atoms with E-state index in [1.165, 1.54) is 0 Å². The number of ketones is 1. The molecule has 0 aromatic carbocycles. The number of likely N-dealkylation sites (N-methyl/N-ethyl adjacent to an activating group) is 2. The van der Waals surface area contributed by atoms with Crippen molar-refractivity contribution < 1.29 is 4.79 Å². The first-order valence-corrected chi connectivity index (χ1v) is 5.39. The molecule has 0 unspecified atom stereocenters. The molecule has 3 heteroatoms. The van der Waals surface area contributed by atoms with E-state index in [4.69, 9.17) is 0 Å². The molecule has 0 aromatic heterocycles.